The molecule has 0 aromatic heterocycles. The second-order valence-electron chi connectivity index (χ2n) is 5.76. The van der Waals surface area contributed by atoms with E-state index in [4.69, 9.17) is 16.7 Å². The molecule has 2 aliphatic rings. The van der Waals surface area contributed by atoms with Gasteiger partial charge in [0.05, 0.1) is 12.5 Å². The number of hydrogen-bond donors (Lipinski definition) is 2. The van der Waals surface area contributed by atoms with Crippen molar-refractivity contribution in [2.45, 2.75) is 24.9 Å². The lowest BCUT2D eigenvalue weighted by Gasteiger charge is -2.53. The molecule has 2 fully saturated rings. The predicted molar refractivity (Wildman–Crippen MR) is 78.1 cm³/mol. The fraction of sp³-hybridized carbons (Fsp3) is 0.400. The van der Waals surface area contributed by atoms with Crippen LogP contribution in [0.4, 0.5) is 0 Å². The van der Waals surface area contributed by atoms with Crippen molar-refractivity contribution in [1.29, 1.82) is 0 Å². The van der Waals surface area contributed by atoms with Crippen molar-refractivity contribution >= 4 is 29.4 Å². The zero-order valence-electron chi connectivity index (χ0n) is 11.7. The van der Waals surface area contributed by atoms with Crippen LogP contribution in [0.1, 0.15) is 18.4 Å². The van der Waals surface area contributed by atoms with Gasteiger partial charge in [-0.05, 0) is 30.5 Å². The number of amides is 2. The first kappa shape index (κ1) is 14.8. The first-order valence-corrected chi connectivity index (χ1v) is 7.36. The number of carbonyl (C=O) groups is 3. The molecule has 1 saturated heterocycles. The van der Waals surface area contributed by atoms with Gasteiger partial charge in [0.15, 0.2) is 0 Å². The van der Waals surface area contributed by atoms with E-state index in [0.29, 0.717) is 5.02 Å². The maximum atomic E-state index is 12.2. The number of piperazine rings is 1. The van der Waals surface area contributed by atoms with E-state index in [0.717, 1.165) is 5.56 Å². The van der Waals surface area contributed by atoms with Crippen LogP contribution in [0.25, 0.3) is 0 Å². The maximum Gasteiger partial charge on any atom is 0.306 e. The third-order valence-corrected chi connectivity index (χ3v) is 4.66. The van der Waals surface area contributed by atoms with Gasteiger partial charge in [-0.25, -0.2) is 0 Å². The molecule has 0 atom stereocenters. The second kappa shape index (κ2) is 5.28. The lowest BCUT2D eigenvalue weighted by atomic mass is 9.65. The Balaban J connectivity index is 1.85. The summed E-state index contributed by atoms with van der Waals surface area (Å²) in [5.74, 6) is -1.97. The summed E-state index contributed by atoms with van der Waals surface area (Å²) >= 11 is 5.84. The molecule has 1 aromatic carbocycles. The number of rotatable bonds is 3. The largest absolute Gasteiger partial charge is 0.481 e. The number of benzene rings is 1. The molecular weight excluding hydrogens is 308 g/mol. The second-order valence-corrected chi connectivity index (χ2v) is 6.20. The average molecular weight is 323 g/mol. The van der Waals surface area contributed by atoms with Crippen molar-refractivity contribution in [3.63, 3.8) is 0 Å². The Labute approximate surface area is 132 Å². The summed E-state index contributed by atoms with van der Waals surface area (Å²) in [5, 5.41) is 12.2. The van der Waals surface area contributed by atoms with Gasteiger partial charge in [0.1, 0.15) is 5.54 Å². The van der Waals surface area contributed by atoms with E-state index in [9.17, 15) is 14.4 Å². The fourth-order valence-electron chi connectivity index (χ4n) is 3.12. The molecule has 6 nitrogen and oxygen atoms in total. The summed E-state index contributed by atoms with van der Waals surface area (Å²) < 4.78 is 0. The Hall–Kier alpha value is -2.08. The molecule has 1 aliphatic carbocycles. The molecule has 1 heterocycles. The van der Waals surface area contributed by atoms with Crippen molar-refractivity contribution in [3.05, 3.63) is 34.9 Å². The number of nitrogens with one attached hydrogen (secondary N) is 1. The molecule has 7 heteroatoms. The van der Waals surface area contributed by atoms with E-state index >= 15 is 0 Å². The quantitative estimate of drug-likeness (QED) is 0.870. The molecule has 0 bridgehead atoms. The number of carboxylic acid groups (broad SMARTS) is 1. The van der Waals surface area contributed by atoms with Gasteiger partial charge in [-0.3, -0.25) is 14.4 Å². The van der Waals surface area contributed by atoms with Crippen LogP contribution < -0.4 is 5.32 Å². The molecule has 2 amide bonds. The maximum absolute atomic E-state index is 12.2. The lowest BCUT2D eigenvalue weighted by Crippen LogP contribution is -2.72. The minimum absolute atomic E-state index is 0.0497. The molecule has 1 spiro atoms. The number of carboxylic acids is 1. The smallest absolute Gasteiger partial charge is 0.306 e. The van der Waals surface area contributed by atoms with Gasteiger partial charge >= 0.3 is 5.97 Å². The highest BCUT2D eigenvalue weighted by Crippen LogP contribution is 2.45. The lowest BCUT2D eigenvalue weighted by molar-refractivity contribution is -0.172. The van der Waals surface area contributed by atoms with E-state index in [2.05, 4.69) is 5.32 Å². The third-order valence-electron chi connectivity index (χ3n) is 4.41. The van der Waals surface area contributed by atoms with Gasteiger partial charge in [0.25, 0.3) is 0 Å². The average Bonchev–Trinajstić information content (AvgIpc) is 2.43. The summed E-state index contributed by atoms with van der Waals surface area (Å²) in [5.41, 5.74) is -0.177. The Kier molecular flexibility index (Phi) is 3.56. The van der Waals surface area contributed by atoms with Crippen LogP contribution in [-0.4, -0.2) is 39.9 Å². The van der Waals surface area contributed by atoms with Gasteiger partial charge in [-0.15, -0.1) is 0 Å². The SMILES string of the molecule is O=C(O)C1CC2(C1)C(=O)NCC(=O)N2Cc1ccc(Cl)cc1. The van der Waals surface area contributed by atoms with Gasteiger partial charge in [0.2, 0.25) is 11.8 Å². The summed E-state index contributed by atoms with van der Waals surface area (Å²) in [6.45, 7) is 0.224. The normalized spacial score (nSPS) is 27.5. The van der Waals surface area contributed by atoms with Crippen molar-refractivity contribution in [2.75, 3.05) is 6.54 Å². The molecule has 3 rings (SSSR count). The van der Waals surface area contributed by atoms with Crippen LogP contribution in [0.2, 0.25) is 5.02 Å². The Morgan fingerprint density at radius 2 is 1.95 bits per heavy atom. The van der Waals surface area contributed by atoms with Crippen molar-refractivity contribution in [1.82, 2.24) is 10.2 Å². The highest BCUT2D eigenvalue weighted by Gasteiger charge is 2.59. The summed E-state index contributed by atoms with van der Waals surface area (Å²) in [4.78, 5) is 37.0. The highest BCUT2D eigenvalue weighted by atomic mass is 35.5. The van der Waals surface area contributed by atoms with Gasteiger partial charge in [-0.2, -0.15) is 0 Å². The number of aliphatic carboxylic acids is 1. The molecule has 2 N–H and O–H groups in total. The number of nitrogens with zero attached hydrogens (tertiary/aromatic N) is 1. The topological polar surface area (TPSA) is 86.7 Å². The van der Waals surface area contributed by atoms with Crippen LogP contribution in [0.15, 0.2) is 24.3 Å². The van der Waals surface area contributed by atoms with Crippen molar-refractivity contribution in [2.24, 2.45) is 5.92 Å². The number of carbonyl (C=O) groups excluding carboxylic acids is 2. The molecule has 1 aromatic rings. The molecule has 0 radical (unpaired) electrons. The molecular formula is C15H15ClN2O4. The molecule has 116 valence electrons. The van der Waals surface area contributed by atoms with Crippen LogP contribution in [0.5, 0.6) is 0 Å². The zero-order valence-corrected chi connectivity index (χ0v) is 12.5. The van der Waals surface area contributed by atoms with E-state index in [1.54, 1.807) is 24.3 Å². The Morgan fingerprint density at radius 1 is 1.32 bits per heavy atom. The van der Waals surface area contributed by atoms with E-state index in [1.165, 1.54) is 4.90 Å². The Bertz CT molecular complexity index is 637. The van der Waals surface area contributed by atoms with Crippen molar-refractivity contribution in [3.8, 4) is 0 Å². The molecule has 1 saturated carbocycles. The van der Waals surface area contributed by atoms with Gasteiger partial charge < -0.3 is 15.3 Å². The van der Waals surface area contributed by atoms with Gasteiger partial charge in [-0.1, -0.05) is 23.7 Å². The number of hydrogen-bond acceptors (Lipinski definition) is 3. The summed E-state index contributed by atoms with van der Waals surface area (Å²) in [6.07, 6.45) is 0.320. The van der Waals surface area contributed by atoms with E-state index < -0.39 is 17.4 Å². The van der Waals surface area contributed by atoms with E-state index in [-0.39, 0.29) is 37.7 Å². The van der Waals surface area contributed by atoms with Gasteiger partial charge in [0, 0.05) is 11.6 Å². The monoisotopic (exact) mass is 322 g/mol. The minimum atomic E-state index is -1.03. The first-order chi connectivity index (χ1) is 10.4. The minimum Gasteiger partial charge on any atom is -0.481 e. The highest BCUT2D eigenvalue weighted by molar-refractivity contribution is 6.30. The predicted octanol–water partition coefficient (Wildman–Crippen LogP) is 1.03. The van der Waals surface area contributed by atoms with Crippen molar-refractivity contribution < 1.29 is 19.5 Å². The fourth-order valence-corrected chi connectivity index (χ4v) is 3.25. The Morgan fingerprint density at radius 3 is 2.55 bits per heavy atom. The van der Waals surface area contributed by atoms with Crippen LogP contribution in [-0.2, 0) is 20.9 Å². The zero-order chi connectivity index (χ0) is 15.9. The molecule has 22 heavy (non-hydrogen) atoms. The summed E-state index contributed by atoms with van der Waals surface area (Å²) in [6, 6.07) is 7.03. The third kappa shape index (κ3) is 2.33. The number of halogens is 1. The van der Waals surface area contributed by atoms with Crippen LogP contribution in [0.3, 0.4) is 0 Å². The van der Waals surface area contributed by atoms with Crippen LogP contribution in [0, 0.1) is 5.92 Å². The molecule has 1 aliphatic heterocycles. The summed E-state index contributed by atoms with van der Waals surface area (Å²) in [7, 11) is 0. The standard InChI is InChI=1S/C15H15ClN2O4/c16-11-3-1-9(2-4-11)8-18-12(19)7-17-14(22)15(18)5-10(6-15)13(20)21/h1-4,10H,5-8H2,(H,17,22)(H,20,21). The van der Waals surface area contributed by atoms with Crippen LogP contribution >= 0.6 is 11.6 Å². The molecule has 0 unspecified atom stereocenters. The first-order valence-electron chi connectivity index (χ1n) is 6.98. The van der Waals surface area contributed by atoms with E-state index in [1.807, 2.05) is 0 Å².